The van der Waals surface area contributed by atoms with Gasteiger partial charge in [-0.1, -0.05) is 6.08 Å². The number of aromatic nitrogens is 2. The maximum Gasteiger partial charge on any atom is 0.253 e. The van der Waals surface area contributed by atoms with Gasteiger partial charge < -0.3 is 16.0 Å². The number of nitrogens with zero attached hydrogens (tertiary/aromatic N) is 2. The van der Waals surface area contributed by atoms with E-state index >= 15 is 0 Å². The van der Waals surface area contributed by atoms with Crippen LogP contribution in [0.25, 0.3) is 5.57 Å². The largest absolute Gasteiger partial charge is 0.382 e. The van der Waals surface area contributed by atoms with Gasteiger partial charge in [-0.3, -0.25) is 9.78 Å². The van der Waals surface area contributed by atoms with Gasteiger partial charge >= 0.3 is 0 Å². The van der Waals surface area contributed by atoms with Gasteiger partial charge in [0.1, 0.15) is 5.82 Å². The average molecular weight is 413 g/mol. The molecule has 3 N–H and O–H groups in total. The summed E-state index contributed by atoms with van der Waals surface area (Å²) in [6.07, 6.45) is 7.61. The summed E-state index contributed by atoms with van der Waals surface area (Å²) in [7, 11) is 1.77. The fourth-order valence-electron chi connectivity index (χ4n) is 3.66. The molecule has 158 valence electrons. The van der Waals surface area contributed by atoms with Crippen LogP contribution in [0.1, 0.15) is 41.7 Å². The van der Waals surface area contributed by atoms with E-state index in [9.17, 15) is 13.6 Å². The van der Waals surface area contributed by atoms with Crippen molar-refractivity contribution in [1.29, 1.82) is 0 Å². The molecule has 6 nitrogen and oxygen atoms in total. The minimum absolute atomic E-state index is 0.0498. The van der Waals surface area contributed by atoms with Crippen molar-refractivity contribution in [3.63, 3.8) is 0 Å². The number of rotatable bonds is 7. The molecule has 2 heterocycles. The summed E-state index contributed by atoms with van der Waals surface area (Å²) in [4.78, 5) is 20.9. The lowest BCUT2D eigenvalue weighted by molar-refractivity contribution is 0.0934. The second-order valence-electron chi connectivity index (χ2n) is 7.80. The van der Waals surface area contributed by atoms with Crippen LogP contribution < -0.4 is 16.0 Å². The Morgan fingerprint density at radius 2 is 2.13 bits per heavy atom. The standard InChI is InChI=1S/C22H25F2N5O/c1-25-20-19(27-13-16-11-22(16,23)24)9-8-18(29-20)14-4-6-17(7-5-14)28-21(30)15-3-2-10-26-12-15/h2-4,8-10,12,16-17,27H,5-7,11,13H2,1H3,(H,25,29)(H,28,30). The highest BCUT2D eigenvalue weighted by atomic mass is 19.3. The molecule has 1 saturated carbocycles. The minimum Gasteiger partial charge on any atom is -0.382 e. The number of halogens is 2. The summed E-state index contributed by atoms with van der Waals surface area (Å²) < 4.78 is 26.2. The second-order valence-corrected chi connectivity index (χ2v) is 7.80. The first-order chi connectivity index (χ1) is 14.5. The highest BCUT2D eigenvalue weighted by Gasteiger charge is 2.56. The van der Waals surface area contributed by atoms with Gasteiger partial charge in [-0.15, -0.1) is 0 Å². The van der Waals surface area contributed by atoms with Gasteiger partial charge in [0.2, 0.25) is 0 Å². The predicted octanol–water partition coefficient (Wildman–Crippen LogP) is 3.95. The Bertz CT molecular complexity index is 948. The molecule has 1 fully saturated rings. The maximum absolute atomic E-state index is 13.1. The lowest BCUT2D eigenvalue weighted by Gasteiger charge is -2.23. The van der Waals surface area contributed by atoms with Gasteiger partial charge in [0, 0.05) is 44.4 Å². The van der Waals surface area contributed by atoms with Crippen molar-refractivity contribution in [1.82, 2.24) is 15.3 Å². The predicted molar refractivity (Wildman–Crippen MR) is 113 cm³/mol. The SMILES string of the molecule is CNc1nc(C2=CCC(NC(=O)c3cccnc3)CC2)ccc1NCC1CC1(F)F. The molecule has 0 aliphatic heterocycles. The monoisotopic (exact) mass is 413 g/mol. The van der Waals surface area contributed by atoms with Crippen molar-refractivity contribution in [3.05, 3.63) is 54.0 Å². The minimum atomic E-state index is -2.53. The van der Waals surface area contributed by atoms with E-state index in [1.807, 2.05) is 12.1 Å². The molecule has 0 saturated heterocycles. The Hall–Kier alpha value is -3.03. The number of hydrogen-bond donors (Lipinski definition) is 3. The number of alkyl halides is 2. The summed E-state index contributed by atoms with van der Waals surface area (Å²) >= 11 is 0. The summed E-state index contributed by atoms with van der Waals surface area (Å²) in [6, 6.07) is 7.36. The Morgan fingerprint density at radius 3 is 2.77 bits per heavy atom. The van der Waals surface area contributed by atoms with Crippen molar-refractivity contribution >= 4 is 23.0 Å². The van der Waals surface area contributed by atoms with Crippen LogP contribution >= 0.6 is 0 Å². The first-order valence-corrected chi connectivity index (χ1v) is 10.2. The molecule has 30 heavy (non-hydrogen) atoms. The number of nitrogens with one attached hydrogen (secondary N) is 3. The molecule has 0 spiro atoms. The van der Waals surface area contributed by atoms with Gasteiger partial charge in [0.15, 0.2) is 0 Å². The van der Waals surface area contributed by atoms with E-state index in [1.54, 1.807) is 31.6 Å². The third-order valence-electron chi connectivity index (χ3n) is 5.63. The second kappa shape index (κ2) is 8.38. The Kier molecular flexibility index (Phi) is 5.65. The quantitative estimate of drug-likeness (QED) is 0.641. The van der Waals surface area contributed by atoms with Gasteiger partial charge in [-0.2, -0.15) is 0 Å². The number of carbonyl (C=O) groups is 1. The molecule has 2 aromatic heterocycles. The van der Waals surface area contributed by atoms with E-state index in [2.05, 4.69) is 32.0 Å². The van der Waals surface area contributed by atoms with E-state index in [1.165, 1.54) is 0 Å². The molecule has 2 aliphatic rings. The summed E-state index contributed by atoms with van der Waals surface area (Å²) in [6.45, 7) is 0.240. The van der Waals surface area contributed by atoms with Crippen LogP contribution in [0.3, 0.4) is 0 Å². The lowest BCUT2D eigenvalue weighted by atomic mass is 9.92. The number of allylic oxidation sites excluding steroid dienone is 1. The summed E-state index contributed by atoms with van der Waals surface area (Å²) in [5, 5.41) is 9.17. The van der Waals surface area contributed by atoms with Gasteiger partial charge in [0.25, 0.3) is 11.8 Å². The molecule has 2 aromatic rings. The molecule has 8 heteroatoms. The van der Waals surface area contributed by atoms with Gasteiger partial charge in [-0.05, 0) is 49.1 Å². The topological polar surface area (TPSA) is 78.9 Å². The lowest BCUT2D eigenvalue weighted by Crippen LogP contribution is -2.35. The molecular weight excluding hydrogens is 388 g/mol. The zero-order valence-corrected chi connectivity index (χ0v) is 16.8. The van der Waals surface area contributed by atoms with E-state index in [4.69, 9.17) is 0 Å². The van der Waals surface area contributed by atoms with Crippen molar-refractivity contribution in [2.75, 3.05) is 24.2 Å². The molecule has 2 atom stereocenters. The van der Waals surface area contributed by atoms with Crippen LogP contribution in [0.5, 0.6) is 0 Å². The highest BCUT2D eigenvalue weighted by molar-refractivity contribution is 5.94. The number of amides is 1. The first-order valence-electron chi connectivity index (χ1n) is 10.2. The van der Waals surface area contributed by atoms with E-state index in [-0.39, 0.29) is 24.9 Å². The van der Waals surface area contributed by atoms with Crippen LogP contribution in [-0.4, -0.2) is 41.4 Å². The smallest absolute Gasteiger partial charge is 0.253 e. The van der Waals surface area contributed by atoms with E-state index in [0.29, 0.717) is 11.4 Å². The van der Waals surface area contributed by atoms with Crippen molar-refractivity contribution in [2.24, 2.45) is 5.92 Å². The Labute approximate surface area is 174 Å². The fourth-order valence-corrected chi connectivity index (χ4v) is 3.66. The third-order valence-corrected chi connectivity index (χ3v) is 5.63. The Morgan fingerprint density at radius 1 is 1.30 bits per heavy atom. The third kappa shape index (κ3) is 4.58. The summed E-state index contributed by atoms with van der Waals surface area (Å²) in [5.74, 6) is -2.60. The zero-order valence-electron chi connectivity index (χ0n) is 16.8. The Balaban J connectivity index is 1.36. The van der Waals surface area contributed by atoms with Crippen LogP contribution in [0, 0.1) is 5.92 Å². The zero-order chi connectivity index (χ0) is 21.1. The summed E-state index contributed by atoms with van der Waals surface area (Å²) in [5.41, 5.74) is 3.26. The molecular formula is C22H25F2N5O. The molecule has 2 unspecified atom stereocenters. The number of anilines is 2. The number of carbonyl (C=O) groups excluding carboxylic acids is 1. The molecule has 2 aliphatic carbocycles. The molecule has 1 amide bonds. The van der Waals surface area contributed by atoms with Crippen molar-refractivity contribution in [2.45, 2.75) is 37.6 Å². The van der Waals surface area contributed by atoms with Crippen LogP contribution in [0.15, 0.2) is 42.7 Å². The van der Waals surface area contributed by atoms with E-state index < -0.39 is 11.8 Å². The number of hydrogen-bond acceptors (Lipinski definition) is 5. The van der Waals surface area contributed by atoms with Crippen molar-refractivity contribution in [3.8, 4) is 0 Å². The van der Waals surface area contributed by atoms with Gasteiger partial charge in [-0.25, -0.2) is 13.8 Å². The maximum atomic E-state index is 13.1. The molecule has 4 rings (SSSR count). The normalized spacial score (nSPS) is 22.0. The van der Waals surface area contributed by atoms with Crippen LogP contribution in [0.4, 0.5) is 20.3 Å². The average Bonchev–Trinajstić information content (AvgIpc) is 3.39. The molecule has 0 aromatic carbocycles. The van der Waals surface area contributed by atoms with E-state index in [0.717, 1.165) is 36.2 Å². The first kappa shape index (κ1) is 20.3. The van der Waals surface area contributed by atoms with Crippen LogP contribution in [0.2, 0.25) is 0 Å². The van der Waals surface area contributed by atoms with Crippen molar-refractivity contribution < 1.29 is 13.6 Å². The van der Waals surface area contributed by atoms with Crippen LogP contribution in [-0.2, 0) is 0 Å². The van der Waals surface area contributed by atoms with Gasteiger partial charge in [0.05, 0.1) is 16.9 Å². The number of pyridine rings is 2. The molecule has 0 radical (unpaired) electrons. The fraction of sp³-hybridized carbons (Fsp3) is 0.409. The highest BCUT2D eigenvalue weighted by Crippen LogP contribution is 2.48. The molecule has 0 bridgehead atoms.